The lowest BCUT2D eigenvalue weighted by Gasteiger charge is -2.22. The predicted molar refractivity (Wildman–Crippen MR) is 65.1 cm³/mol. The third-order valence-corrected chi connectivity index (χ3v) is 3.15. The third kappa shape index (κ3) is 3.06. The minimum Gasteiger partial charge on any atom is -0.409 e. The van der Waals surface area contributed by atoms with Gasteiger partial charge in [-0.15, -0.1) is 0 Å². The number of aromatic nitrogens is 2. The van der Waals surface area contributed by atoms with Crippen molar-refractivity contribution < 1.29 is 5.21 Å². The molecule has 1 unspecified atom stereocenters. The fourth-order valence-corrected chi connectivity index (χ4v) is 2.03. The van der Waals surface area contributed by atoms with Crippen molar-refractivity contribution in [2.75, 3.05) is 18.0 Å². The zero-order valence-electron chi connectivity index (χ0n) is 9.71. The van der Waals surface area contributed by atoms with Crippen LogP contribution in [-0.2, 0) is 0 Å². The Labute approximate surface area is 99.0 Å². The van der Waals surface area contributed by atoms with Gasteiger partial charge >= 0.3 is 0 Å². The molecule has 1 aromatic rings. The molecule has 1 rings (SSSR count). The molecule has 90 valence electrons. The van der Waals surface area contributed by atoms with E-state index < -0.39 is 0 Å². The molecule has 0 aromatic carbocycles. The molecule has 0 fully saturated rings. The average Bonchev–Trinajstić information content (AvgIpc) is 2.71. The van der Waals surface area contributed by atoms with Crippen LogP contribution in [0.4, 0.5) is 5.13 Å². The maximum absolute atomic E-state index is 8.58. The van der Waals surface area contributed by atoms with Crippen LogP contribution in [0.5, 0.6) is 0 Å². The van der Waals surface area contributed by atoms with Gasteiger partial charge < -0.3 is 15.8 Å². The molecule has 0 spiro atoms. The molecule has 0 amide bonds. The molecular formula is C9H17N5OS. The molecule has 0 radical (unpaired) electrons. The molecule has 0 aliphatic heterocycles. The molecule has 1 atom stereocenters. The topological polar surface area (TPSA) is 87.6 Å². The summed E-state index contributed by atoms with van der Waals surface area (Å²) >= 11 is 1.37. The Bertz CT molecular complexity index is 365. The van der Waals surface area contributed by atoms with Gasteiger partial charge in [-0.1, -0.05) is 12.1 Å². The van der Waals surface area contributed by atoms with E-state index in [0.29, 0.717) is 6.54 Å². The van der Waals surface area contributed by atoms with Crippen molar-refractivity contribution in [3.8, 4) is 0 Å². The fourth-order valence-electron chi connectivity index (χ4n) is 1.28. The lowest BCUT2D eigenvalue weighted by molar-refractivity contribution is 0.314. The first-order valence-electron chi connectivity index (χ1n) is 5.11. The van der Waals surface area contributed by atoms with Crippen LogP contribution in [0.15, 0.2) is 5.16 Å². The fraction of sp³-hybridized carbons (Fsp3) is 0.667. The van der Waals surface area contributed by atoms with Crippen molar-refractivity contribution in [2.45, 2.75) is 20.8 Å². The highest BCUT2D eigenvalue weighted by Crippen LogP contribution is 2.17. The Morgan fingerprint density at radius 3 is 2.81 bits per heavy atom. The van der Waals surface area contributed by atoms with E-state index >= 15 is 0 Å². The van der Waals surface area contributed by atoms with Gasteiger partial charge in [0.1, 0.15) is 11.7 Å². The van der Waals surface area contributed by atoms with E-state index in [1.54, 1.807) is 0 Å². The molecule has 0 saturated heterocycles. The van der Waals surface area contributed by atoms with Gasteiger partial charge in [-0.25, -0.2) is 4.98 Å². The summed E-state index contributed by atoms with van der Waals surface area (Å²) in [6.45, 7) is 7.29. The number of nitrogens with two attached hydrogens (primary N) is 1. The second-order valence-corrected chi connectivity index (χ2v) is 4.32. The number of hydrogen-bond donors (Lipinski definition) is 2. The Balaban J connectivity index is 2.69. The first kappa shape index (κ1) is 12.7. The monoisotopic (exact) mass is 243 g/mol. The third-order valence-electron chi connectivity index (χ3n) is 2.28. The van der Waals surface area contributed by atoms with Gasteiger partial charge in [0.15, 0.2) is 0 Å². The summed E-state index contributed by atoms with van der Waals surface area (Å²) < 4.78 is 4.14. The Hall–Kier alpha value is -1.37. The van der Waals surface area contributed by atoms with Crippen LogP contribution < -0.4 is 10.6 Å². The van der Waals surface area contributed by atoms with Crippen LogP contribution in [0.3, 0.4) is 0 Å². The van der Waals surface area contributed by atoms with Crippen molar-refractivity contribution in [3.05, 3.63) is 5.82 Å². The van der Waals surface area contributed by atoms with Crippen molar-refractivity contribution >= 4 is 22.5 Å². The maximum atomic E-state index is 8.58. The molecule has 0 aliphatic carbocycles. The van der Waals surface area contributed by atoms with Gasteiger partial charge in [0.05, 0.1) is 0 Å². The number of aryl methyl sites for hydroxylation is 1. The number of rotatable bonds is 5. The first-order chi connectivity index (χ1) is 7.58. The van der Waals surface area contributed by atoms with E-state index in [-0.39, 0.29) is 11.8 Å². The summed E-state index contributed by atoms with van der Waals surface area (Å²) in [5.41, 5.74) is 5.54. The summed E-state index contributed by atoms with van der Waals surface area (Å²) in [4.78, 5) is 6.37. The Morgan fingerprint density at radius 2 is 2.38 bits per heavy atom. The highest BCUT2D eigenvalue weighted by atomic mass is 32.1. The van der Waals surface area contributed by atoms with Crippen LogP contribution in [0, 0.1) is 12.8 Å². The minimum atomic E-state index is -0.0193. The van der Waals surface area contributed by atoms with E-state index in [1.807, 2.05) is 20.8 Å². The number of anilines is 1. The molecular weight excluding hydrogens is 226 g/mol. The van der Waals surface area contributed by atoms with Gasteiger partial charge in [-0.3, -0.25) is 0 Å². The molecule has 0 saturated carbocycles. The van der Waals surface area contributed by atoms with E-state index in [4.69, 9.17) is 10.9 Å². The summed E-state index contributed by atoms with van der Waals surface area (Å²) in [5, 5.41) is 12.5. The number of hydrogen-bond acceptors (Lipinski definition) is 6. The van der Waals surface area contributed by atoms with Gasteiger partial charge in [-0.2, -0.15) is 4.37 Å². The molecule has 3 N–H and O–H groups in total. The van der Waals surface area contributed by atoms with Crippen molar-refractivity contribution in [2.24, 2.45) is 16.8 Å². The molecule has 16 heavy (non-hydrogen) atoms. The van der Waals surface area contributed by atoms with E-state index in [9.17, 15) is 0 Å². The number of oxime groups is 1. The Morgan fingerprint density at radius 1 is 1.69 bits per heavy atom. The summed E-state index contributed by atoms with van der Waals surface area (Å²) in [5.74, 6) is 0.990. The molecule has 1 aromatic heterocycles. The Kier molecular flexibility index (Phi) is 4.48. The molecule has 7 heteroatoms. The van der Waals surface area contributed by atoms with Gasteiger partial charge in [0.2, 0.25) is 5.13 Å². The van der Waals surface area contributed by atoms with E-state index in [2.05, 4.69) is 19.4 Å². The second-order valence-electron chi connectivity index (χ2n) is 3.59. The second kappa shape index (κ2) is 5.64. The maximum Gasteiger partial charge on any atom is 0.205 e. The highest BCUT2D eigenvalue weighted by molar-refractivity contribution is 7.09. The first-order valence-corrected chi connectivity index (χ1v) is 5.88. The van der Waals surface area contributed by atoms with Crippen molar-refractivity contribution in [1.29, 1.82) is 0 Å². The molecule has 6 nitrogen and oxygen atoms in total. The van der Waals surface area contributed by atoms with Crippen LogP contribution in [0.25, 0.3) is 0 Å². The quantitative estimate of drug-likeness (QED) is 0.349. The van der Waals surface area contributed by atoms with Crippen LogP contribution in [-0.4, -0.2) is 33.5 Å². The summed E-state index contributed by atoms with van der Waals surface area (Å²) in [6, 6.07) is 0. The normalized spacial score (nSPS) is 13.8. The summed E-state index contributed by atoms with van der Waals surface area (Å²) in [6.07, 6.45) is 0. The van der Waals surface area contributed by atoms with Gasteiger partial charge in [-0.05, 0) is 13.8 Å². The molecule has 0 aliphatic rings. The van der Waals surface area contributed by atoms with E-state index in [0.717, 1.165) is 17.5 Å². The van der Waals surface area contributed by atoms with Crippen LogP contribution in [0.1, 0.15) is 19.7 Å². The van der Waals surface area contributed by atoms with Crippen molar-refractivity contribution in [1.82, 2.24) is 9.36 Å². The van der Waals surface area contributed by atoms with Crippen LogP contribution in [0.2, 0.25) is 0 Å². The molecule has 1 heterocycles. The average molecular weight is 243 g/mol. The van der Waals surface area contributed by atoms with Gasteiger partial charge in [0, 0.05) is 30.5 Å². The lowest BCUT2D eigenvalue weighted by atomic mass is 10.1. The number of amidine groups is 1. The smallest absolute Gasteiger partial charge is 0.205 e. The van der Waals surface area contributed by atoms with Crippen molar-refractivity contribution in [3.63, 3.8) is 0 Å². The zero-order chi connectivity index (χ0) is 12.1. The zero-order valence-corrected chi connectivity index (χ0v) is 10.5. The largest absolute Gasteiger partial charge is 0.409 e. The standard InChI is InChI=1S/C9H17N5OS/c1-4-14(5-6(2)8(10)12-15)9-11-7(3)13-16-9/h6,15H,4-5H2,1-3H3,(H2,10,12). The highest BCUT2D eigenvalue weighted by Gasteiger charge is 2.15. The predicted octanol–water partition coefficient (Wildman–Crippen LogP) is 1.06. The SMILES string of the molecule is CCN(CC(C)C(N)=NO)c1nc(C)ns1. The van der Waals surface area contributed by atoms with Crippen LogP contribution >= 0.6 is 11.5 Å². The summed E-state index contributed by atoms with van der Waals surface area (Å²) in [7, 11) is 0. The molecule has 0 bridgehead atoms. The van der Waals surface area contributed by atoms with E-state index in [1.165, 1.54) is 11.5 Å². The minimum absolute atomic E-state index is 0.0193. The van der Waals surface area contributed by atoms with Gasteiger partial charge in [0.25, 0.3) is 0 Å². The lowest BCUT2D eigenvalue weighted by Crippen LogP contribution is -2.34. The number of nitrogens with zero attached hydrogens (tertiary/aromatic N) is 4.